The fourth-order valence-electron chi connectivity index (χ4n) is 1.32. The van der Waals surface area contributed by atoms with Crippen molar-refractivity contribution in [2.45, 2.75) is 6.54 Å². The average molecular weight is 239 g/mol. The number of phenolic OH excluding ortho intramolecular Hbond substituents is 1. The Hall–Kier alpha value is -1.95. The van der Waals surface area contributed by atoms with Gasteiger partial charge in [0.2, 0.25) is 0 Å². The minimum absolute atomic E-state index is 0.180. The second-order valence-corrected chi connectivity index (χ2v) is 3.46. The van der Waals surface area contributed by atoms with Crippen LogP contribution in [0.4, 0.5) is 4.79 Å². The molecular formula is C11H17N3O3. The lowest BCUT2D eigenvalue weighted by atomic mass is 10.2. The van der Waals surface area contributed by atoms with Gasteiger partial charge in [0.25, 0.3) is 0 Å². The van der Waals surface area contributed by atoms with E-state index in [0.29, 0.717) is 25.4 Å². The van der Waals surface area contributed by atoms with Gasteiger partial charge in [-0.2, -0.15) is 0 Å². The summed E-state index contributed by atoms with van der Waals surface area (Å²) in [6.07, 6.45) is 0. The highest BCUT2D eigenvalue weighted by Gasteiger charge is 2.02. The maximum Gasteiger partial charge on any atom is 0.312 e. The molecule has 0 bridgehead atoms. The minimum Gasteiger partial charge on any atom is -0.507 e. The molecule has 0 fully saturated rings. The second kappa shape index (κ2) is 6.59. The van der Waals surface area contributed by atoms with E-state index in [9.17, 15) is 9.90 Å². The predicted molar refractivity (Wildman–Crippen MR) is 64.0 cm³/mol. The van der Waals surface area contributed by atoms with Crippen molar-refractivity contribution in [2.75, 3.05) is 20.2 Å². The number of ether oxygens (including phenoxy) is 1. The molecule has 94 valence electrons. The van der Waals surface area contributed by atoms with Crippen molar-refractivity contribution in [3.05, 3.63) is 23.8 Å². The quantitative estimate of drug-likeness (QED) is 0.532. The molecule has 0 spiro atoms. The number of primary amides is 1. The number of nitrogens with one attached hydrogen (secondary N) is 2. The highest BCUT2D eigenvalue weighted by atomic mass is 16.5. The number of carbonyl (C=O) groups excluding carboxylic acids is 1. The van der Waals surface area contributed by atoms with Gasteiger partial charge >= 0.3 is 6.03 Å². The summed E-state index contributed by atoms with van der Waals surface area (Å²) < 4.78 is 4.98. The number of urea groups is 1. The number of benzene rings is 1. The van der Waals surface area contributed by atoms with E-state index in [4.69, 9.17) is 10.5 Å². The van der Waals surface area contributed by atoms with Crippen molar-refractivity contribution in [1.29, 1.82) is 0 Å². The Bertz CT molecular complexity index is 382. The van der Waals surface area contributed by atoms with Crippen molar-refractivity contribution >= 4 is 6.03 Å². The first-order valence-corrected chi connectivity index (χ1v) is 5.23. The zero-order valence-corrected chi connectivity index (χ0v) is 9.69. The summed E-state index contributed by atoms with van der Waals surface area (Å²) in [7, 11) is 1.54. The van der Waals surface area contributed by atoms with Gasteiger partial charge < -0.3 is 26.2 Å². The van der Waals surface area contributed by atoms with E-state index in [0.717, 1.165) is 5.56 Å². The standard InChI is InChI=1S/C11H17N3O3/c1-17-9-3-2-8(10(15)6-9)7-13-4-5-14-11(12)16/h2-3,6,13,15H,4-5,7H2,1H3,(H3,12,14,16). The van der Waals surface area contributed by atoms with Gasteiger partial charge in [0, 0.05) is 31.3 Å². The molecule has 2 amide bonds. The van der Waals surface area contributed by atoms with Crippen molar-refractivity contribution in [3.63, 3.8) is 0 Å². The van der Waals surface area contributed by atoms with E-state index in [1.807, 2.05) is 0 Å². The Balaban J connectivity index is 2.34. The molecule has 0 aliphatic carbocycles. The molecule has 1 aromatic carbocycles. The molecule has 0 saturated heterocycles. The lowest BCUT2D eigenvalue weighted by Crippen LogP contribution is -2.35. The number of amides is 2. The summed E-state index contributed by atoms with van der Waals surface area (Å²) in [4.78, 5) is 10.4. The smallest absolute Gasteiger partial charge is 0.312 e. The van der Waals surface area contributed by atoms with Crippen LogP contribution in [-0.4, -0.2) is 31.3 Å². The molecule has 6 heteroatoms. The molecule has 0 aliphatic heterocycles. The van der Waals surface area contributed by atoms with E-state index in [2.05, 4.69) is 10.6 Å². The van der Waals surface area contributed by atoms with Crippen LogP contribution in [0.1, 0.15) is 5.56 Å². The topological polar surface area (TPSA) is 96.6 Å². The fraction of sp³-hybridized carbons (Fsp3) is 0.364. The number of hydrogen-bond donors (Lipinski definition) is 4. The number of carbonyl (C=O) groups is 1. The molecule has 5 N–H and O–H groups in total. The molecule has 1 rings (SSSR count). The van der Waals surface area contributed by atoms with Gasteiger partial charge in [-0.3, -0.25) is 0 Å². The van der Waals surface area contributed by atoms with E-state index in [-0.39, 0.29) is 5.75 Å². The van der Waals surface area contributed by atoms with E-state index < -0.39 is 6.03 Å². The molecular weight excluding hydrogens is 222 g/mol. The molecule has 0 radical (unpaired) electrons. The largest absolute Gasteiger partial charge is 0.507 e. The van der Waals surface area contributed by atoms with Gasteiger partial charge in [-0.05, 0) is 6.07 Å². The Morgan fingerprint density at radius 2 is 2.24 bits per heavy atom. The molecule has 6 nitrogen and oxygen atoms in total. The summed E-state index contributed by atoms with van der Waals surface area (Å²) in [6.45, 7) is 1.54. The van der Waals surface area contributed by atoms with Gasteiger partial charge in [-0.15, -0.1) is 0 Å². The SMILES string of the molecule is COc1ccc(CNCCNC(N)=O)c(O)c1. The van der Waals surface area contributed by atoms with Crippen molar-refractivity contribution in [2.24, 2.45) is 5.73 Å². The third kappa shape index (κ3) is 4.60. The molecule has 0 unspecified atom stereocenters. The van der Waals surface area contributed by atoms with Gasteiger partial charge in [0.15, 0.2) is 0 Å². The number of rotatable bonds is 6. The van der Waals surface area contributed by atoms with E-state index in [1.54, 1.807) is 25.3 Å². The molecule has 0 heterocycles. The summed E-state index contributed by atoms with van der Waals surface area (Å²) in [5.74, 6) is 0.793. The van der Waals surface area contributed by atoms with Crippen LogP contribution in [0, 0.1) is 0 Å². The monoisotopic (exact) mass is 239 g/mol. The fourth-order valence-corrected chi connectivity index (χ4v) is 1.32. The second-order valence-electron chi connectivity index (χ2n) is 3.46. The highest BCUT2D eigenvalue weighted by molar-refractivity contribution is 5.71. The third-order valence-corrected chi connectivity index (χ3v) is 2.21. The van der Waals surface area contributed by atoms with Crippen molar-refractivity contribution in [1.82, 2.24) is 10.6 Å². The van der Waals surface area contributed by atoms with Crippen LogP contribution in [0.15, 0.2) is 18.2 Å². The zero-order valence-electron chi connectivity index (χ0n) is 9.69. The van der Waals surface area contributed by atoms with E-state index in [1.165, 1.54) is 0 Å². The third-order valence-electron chi connectivity index (χ3n) is 2.21. The maximum atomic E-state index is 10.4. The first-order chi connectivity index (χ1) is 8.13. The Kier molecular flexibility index (Phi) is 5.09. The maximum absolute atomic E-state index is 10.4. The molecule has 1 aromatic rings. The number of hydrogen-bond acceptors (Lipinski definition) is 4. The lowest BCUT2D eigenvalue weighted by Gasteiger charge is -2.08. The van der Waals surface area contributed by atoms with Crippen LogP contribution in [0.2, 0.25) is 0 Å². The number of aromatic hydroxyl groups is 1. The molecule has 0 aromatic heterocycles. The molecule has 0 atom stereocenters. The number of methoxy groups -OCH3 is 1. The van der Waals surface area contributed by atoms with Crippen molar-refractivity contribution < 1.29 is 14.6 Å². The van der Waals surface area contributed by atoms with Crippen LogP contribution in [0.3, 0.4) is 0 Å². The van der Waals surface area contributed by atoms with E-state index >= 15 is 0 Å². The van der Waals surface area contributed by atoms with Crippen LogP contribution >= 0.6 is 0 Å². The van der Waals surface area contributed by atoms with Gasteiger partial charge in [0.05, 0.1) is 7.11 Å². The molecule has 17 heavy (non-hydrogen) atoms. The van der Waals surface area contributed by atoms with Crippen LogP contribution in [0.5, 0.6) is 11.5 Å². The molecule has 0 saturated carbocycles. The summed E-state index contributed by atoms with van der Waals surface area (Å²) in [6, 6.07) is 4.57. The summed E-state index contributed by atoms with van der Waals surface area (Å²) in [5.41, 5.74) is 5.68. The number of phenols is 1. The van der Waals surface area contributed by atoms with Gasteiger partial charge in [0.1, 0.15) is 11.5 Å². The molecule has 0 aliphatic rings. The highest BCUT2D eigenvalue weighted by Crippen LogP contribution is 2.22. The number of nitrogens with two attached hydrogens (primary N) is 1. The minimum atomic E-state index is -0.543. The lowest BCUT2D eigenvalue weighted by molar-refractivity contribution is 0.249. The van der Waals surface area contributed by atoms with Crippen LogP contribution < -0.4 is 21.1 Å². The van der Waals surface area contributed by atoms with Gasteiger partial charge in [-0.1, -0.05) is 6.07 Å². The summed E-state index contributed by atoms with van der Waals surface area (Å²) >= 11 is 0. The average Bonchev–Trinajstić information content (AvgIpc) is 2.30. The van der Waals surface area contributed by atoms with Crippen molar-refractivity contribution in [3.8, 4) is 11.5 Å². The van der Waals surface area contributed by atoms with Crippen LogP contribution in [0.25, 0.3) is 0 Å². The zero-order chi connectivity index (χ0) is 12.7. The normalized spacial score (nSPS) is 9.94. The predicted octanol–water partition coefficient (Wildman–Crippen LogP) is 0.159. The Labute approximate surface area is 99.8 Å². The van der Waals surface area contributed by atoms with Crippen LogP contribution in [-0.2, 0) is 6.54 Å². The van der Waals surface area contributed by atoms with Gasteiger partial charge in [-0.25, -0.2) is 4.79 Å². The first-order valence-electron chi connectivity index (χ1n) is 5.23. The first kappa shape index (κ1) is 13.1. The Morgan fingerprint density at radius 1 is 1.47 bits per heavy atom. The summed E-state index contributed by atoms with van der Waals surface area (Å²) in [5, 5.41) is 15.2. The Morgan fingerprint density at radius 3 is 2.82 bits per heavy atom.